The summed E-state index contributed by atoms with van der Waals surface area (Å²) >= 11 is 0. The third kappa shape index (κ3) is 6.23. The fourth-order valence-electron chi connectivity index (χ4n) is 5.36. The Labute approximate surface area is 193 Å². The first kappa shape index (κ1) is 25.2. The third-order valence-electron chi connectivity index (χ3n) is 7.23. The summed E-state index contributed by atoms with van der Waals surface area (Å²) in [7, 11) is 0. The first-order valence-electron chi connectivity index (χ1n) is 11.1. The minimum Gasteiger partial charge on any atom is -0.370 e. The number of amides is 1. The van der Waals surface area contributed by atoms with Crippen LogP contribution in [0, 0.1) is 11.3 Å². The first-order chi connectivity index (χ1) is 13.6. The highest BCUT2D eigenvalue weighted by atomic mass is 35.5. The molecule has 1 heterocycles. The molecular formula is C24H37Cl2N3O. The van der Waals surface area contributed by atoms with E-state index in [2.05, 4.69) is 53.5 Å². The minimum atomic E-state index is -0.181. The normalized spacial score (nSPS) is 25.7. The van der Waals surface area contributed by atoms with Crippen LogP contribution in [0.1, 0.15) is 57.4 Å². The maximum absolute atomic E-state index is 11.0. The fourth-order valence-corrected chi connectivity index (χ4v) is 5.36. The maximum atomic E-state index is 11.0. The molecule has 2 atom stereocenters. The molecule has 2 aliphatic carbocycles. The molecule has 4 rings (SSSR count). The van der Waals surface area contributed by atoms with Crippen molar-refractivity contribution in [3.63, 3.8) is 0 Å². The molecule has 6 heteroatoms. The Morgan fingerprint density at radius 1 is 1.20 bits per heavy atom. The van der Waals surface area contributed by atoms with Crippen molar-refractivity contribution in [3.05, 3.63) is 41.5 Å². The lowest BCUT2D eigenvalue weighted by Crippen LogP contribution is -2.54. The number of rotatable bonds is 8. The number of carbonyl (C=O) groups is 1. The molecule has 168 valence electrons. The van der Waals surface area contributed by atoms with Gasteiger partial charge in [0.2, 0.25) is 5.91 Å². The van der Waals surface area contributed by atoms with Gasteiger partial charge in [-0.25, -0.2) is 0 Å². The van der Waals surface area contributed by atoms with Crippen LogP contribution >= 0.6 is 24.8 Å². The van der Waals surface area contributed by atoms with Crippen molar-refractivity contribution in [2.75, 3.05) is 19.6 Å². The Morgan fingerprint density at radius 2 is 1.87 bits per heavy atom. The van der Waals surface area contributed by atoms with Gasteiger partial charge in [-0.15, -0.1) is 24.8 Å². The number of nitrogens with one attached hydrogen (secondary N) is 1. The number of piperidine rings is 1. The van der Waals surface area contributed by atoms with E-state index in [9.17, 15) is 4.79 Å². The van der Waals surface area contributed by atoms with Crippen molar-refractivity contribution in [1.29, 1.82) is 0 Å². The summed E-state index contributed by atoms with van der Waals surface area (Å²) < 4.78 is 0. The maximum Gasteiger partial charge on any atom is 0.218 e. The zero-order valence-electron chi connectivity index (χ0n) is 18.0. The zero-order chi connectivity index (χ0) is 19.6. The van der Waals surface area contributed by atoms with Crippen molar-refractivity contribution in [2.45, 2.75) is 64.0 Å². The van der Waals surface area contributed by atoms with E-state index in [4.69, 9.17) is 5.73 Å². The van der Waals surface area contributed by atoms with Crippen molar-refractivity contribution < 1.29 is 4.79 Å². The molecule has 0 aromatic heterocycles. The molecule has 30 heavy (non-hydrogen) atoms. The molecule has 4 nitrogen and oxygen atoms in total. The number of nitrogens with two attached hydrogens (primary N) is 1. The second-order valence-electron chi connectivity index (χ2n) is 9.26. The smallest absolute Gasteiger partial charge is 0.218 e. The van der Waals surface area contributed by atoms with Gasteiger partial charge in [0.1, 0.15) is 0 Å². The lowest BCUT2D eigenvalue weighted by Gasteiger charge is -2.52. The molecule has 0 radical (unpaired) electrons. The van der Waals surface area contributed by atoms with Crippen LogP contribution in [0.4, 0.5) is 0 Å². The van der Waals surface area contributed by atoms with Gasteiger partial charge in [0.05, 0.1) is 0 Å². The summed E-state index contributed by atoms with van der Waals surface area (Å²) in [5.74, 6) is 0.553. The Balaban J connectivity index is 0.00000160. The van der Waals surface area contributed by atoms with Crippen LogP contribution in [0.3, 0.4) is 0 Å². The lowest BCUT2D eigenvalue weighted by molar-refractivity contribution is -0.118. The van der Waals surface area contributed by atoms with Gasteiger partial charge in [-0.1, -0.05) is 48.9 Å². The summed E-state index contributed by atoms with van der Waals surface area (Å²) in [5.41, 5.74) is 8.77. The largest absolute Gasteiger partial charge is 0.370 e. The number of halogens is 2. The van der Waals surface area contributed by atoms with Gasteiger partial charge >= 0.3 is 0 Å². The van der Waals surface area contributed by atoms with Crippen molar-refractivity contribution in [3.8, 4) is 0 Å². The van der Waals surface area contributed by atoms with Crippen molar-refractivity contribution >= 4 is 36.8 Å². The standard InChI is InChI=1S/C24H35N3O.2ClH/c1-2-19(14-18-6-4-3-5-7-18)21-15-22(21)26-20-16-24(17-20)9-12-27(13-10-24)11-8-23(25)28;;/h3-7,14,20-22,26H,2,8-13,15-17H2,1H3,(H2,25,28);2*1H/b19-14+;;/t21-,22+;;/m0../s1. The number of benzene rings is 1. The van der Waals surface area contributed by atoms with Gasteiger partial charge in [0, 0.05) is 25.0 Å². The van der Waals surface area contributed by atoms with Gasteiger partial charge in [-0.2, -0.15) is 0 Å². The Morgan fingerprint density at radius 3 is 2.47 bits per heavy atom. The number of nitrogens with zero attached hydrogens (tertiary/aromatic N) is 1. The monoisotopic (exact) mass is 453 g/mol. The second kappa shape index (κ2) is 11.0. The molecule has 3 aliphatic rings. The molecular weight excluding hydrogens is 417 g/mol. The Bertz CT molecular complexity index is 708. The van der Waals surface area contributed by atoms with E-state index in [1.807, 2.05) is 0 Å². The molecule has 0 bridgehead atoms. The van der Waals surface area contributed by atoms with Gasteiger partial charge < -0.3 is 16.0 Å². The first-order valence-corrected chi connectivity index (χ1v) is 11.1. The Hall–Kier alpha value is -1.07. The minimum absolute atomic E-state index is 0. The number of hydrogen-bond donors (Lipinski definition) is 2. The van der Waals surface area contributed by atoms with E-state index in [1.165, 1.54) is 37.7 Å². The molecule has 3 fully saturated rings. The van der Waals surface area contributed by atoms with Crippen LogP contribution in [0.15, 0.2) is 35.9 Å². The van der Waals surface area contributed by atoms with Crippen molar-refractivity contribution in [1.82, 2.24) is 10.2 Å². The highest BCUT2D eigenvalue weighted by molar-refractivity contribution is 5.85. The molecule has 2 saturated carbocycles. The van der Waals surface area contributed by atoms with Gasteiger partial charge in [-0.3, -0.25) is 4.79 Å². The van der Waals surface area contributed by atoms with E-state index < -0.39 is 0 Å². The van der Waals surface area contributed by atoms with Crippen molar-refractivity contribution in [2.24, 2.45) is 17.1 Å². The summed E-state index contributed by atoms with van der Waals surface area (Å²) in [5, 5.41) is 3.95. The molecule has 1 spiro atoms. The number of primary amides is 1. The third-order valence-corrected chi connectivity index (χ3v) is 7.23. The molecule has 0 unspecified atom stereocenters. The summed E-state index contributed by atoms with van der Waals surface area (Å²) in [6, 6.07) is 12.1. The van der Waals surface area contributed by atoms with Gasteiger partial charge in [0.25, 0.3) is 0 Å². The SMILES string of the molecule is CC/C(=C\c1ccccc1)[C@@H]1C[C@H]1NC1CC2(CCN(CCC(N)=O)CC2)C1.Cl.Cl. The van der Waals surface area contributed by atoms with E-state index in [1.54, 1.807) is 5.57 Å². The second-order valence-corrected chi connectivity index (χ2v) is 9.26. The summed E-state index contributed by atoms with van der Waals surface area (Å²) in [6.45, 7) is 5.39. The zero-order valence-corrected chi connectivity index (χ0v) is 19.6. The van der Waals surface area contributed by atoms with E-state index >= 15 is 0 Å². The predicted octanol–water partition coefficient (Wildman–Crippen LogP) is 4.42. The van der Waals surface area contributed by atoms with Crippen LogP contribution in [0.2, 0.25) is 0 Å². The fraction of sp³-hybridized carbons (Fsp3) is 0.625. The average molecular weight is 454 g/mol. The highest BCUT2D eigenvalue weighted by Crippen LogP contribution is 2.51. The van der Waals surface area contributed by atoms with Crippen LogP contribution in [0.5, 0.6) is 0 Å². The van der Waals surface area contributed by atoms with Crippen LogP contribution in [0.25, 0.3) is 6.08 Å². The van der Waals surface area contributed by atoms with E-state index in [0.717, 1.165) is 32.0 Å². The predicted molar refractivity (Wildman–Crippen MR) is 129 cm³/mol. The lowest BCUT2D eigenvalue weighted by atomic mass is 9.60. The molecule has 1 aromatic carbocycles. The number of likely N-dealkylation sites (tertiary alicyclic amines) is 1. The summed E-state index contributed by atoms with van der Waals surface area (Å²) in [6.07, 6.45) is 10.6. The molecule has 1 aliphatic heterocycles. The van der Waals surface area contributed by atoms with Crippen LogP contribution < -0.4 is 11.1 Å². The molecule has 3 N–H and O–H groups in total. The molecule has 1 amide bonds. The quantitative estimate of drug-likeness (QED) is 0.611. The van der Waals surface area contributed by atoms with E-state index in [-0.39, 0.29) is 30.7 Å². The molecule has 1 saturated heterocycles. The Kier molecular flexibility index (Phi) is 9.23. The summed E-state index contributed by atoms with van der Waals surface area (Å²) in [4.78, 5) is 13.4. The van der Waals surface area contributed by atoms with Crippen LogP contribution in [-0.2, 0) is 4.79 Å². The highest BCUT2D eigenvalue weighted by Gasteiger charge is 2.49. The number of hydrogen-bond acceptors (Lipinski definition) is 3. The van der Waals surface area contributed by atoms with Gasteiger partial charge in [0.15, 0.2) is 0 Å². The van der Waals surface area contributed by atoms with Gasteiger partial charge in [-0.05, 0) is 68.5 Å². The van der Waals surface area contributed by atoms with Crippen LogP contribution in [-0.4, -0.2) is 42.5 Å². The average Bonchev–Trinajstić information content (AvgIpc) is 3.44. The van der Waals surface area contributed by atoms with E-state index in [0.29, 0.717) is 23.9 Å². The topological polar surface area (TPSA) is 58.4 Å². The number of carbonyl (C=O) groups excluding carboxylic acids is 1. The molecule has 1 aromatic rings.